The fraction of sp³-hybridized carbons (Fsp3) is 0.308. The minimum atomic E-state index is -0.354. The number of nitrogens with two attached hydrogens (primary N) is 1. The molecule has 0 aliphatic rings. The zero-order chi connectivity index (χ0) is 12.1. The molecule has 1 aromatic rings. The minimum absolute atomic E-state index is 0. The van der Waals surface area contributed by atoms with Crippen LogP contribution < -0.4 is 5.73 Å². The summed E-state index contributed by atoms with van der Waals surface area (Å²) < 4.78 is 4.72. The maximum absolute atomic E-state index is 11.5. The molecule has 0 bridgehead atoms. The second-order valence-corrected chi connectivity index (χ2v) is 3.85. The summed E-state index contributed by atoms with van der Waals surface area (Å²) >= 11 is 0. The van der Waals surface area contributed by atoms with E-state index in [1.54, 1.807) is 12.1 Å². The summed E-state index contributed by atoms with van der Waals surface area (Å²) in [5, 5.41) is 0. The highest BCUT2D eigenvalue weighted by molar-refractivity contribution is 5.91. The second kappa shape index (κ2) is 7.09. The molecule has 0 spiro atoms. The van der Waals surface area contributed by atoms with Gasteiger partial charge >= 0.3 is 5.97 Å². The molecule has 0 aromatic heterocycles. The highest BCUT2D eigenvalue weighted by atomic mass is 35.5. The first-order valence-corrected chi connectivity index (χ1v) is 5.13. The number of rotatable bonds is 4. The quantitative estimate of drug-likeness (QED) is 0.665. The molecular formula is C13H18ClNO2. The molecule has 1 aromatic carbocycles. The van der Waals surface area contributed by atoms with Crippen LogP contribution in [0.15, 0.2) is 36.4 Å². The first-order chi connectivity index (χ1) is 7.56. The van der Waals surface area contributed by atoms with Crippen molar-refractivity contribution in [3.8, 4) is 0 Å². The maximum atomic E-state index is 11.5. The van der Waals surface area contributed by atoms with E-state index in [1.807, 2.05) is 19.1 Å². The maximum Gasteiger partial charge on any atom is 0.338 e. The highest BCUT2D eigenvalue weighted by Crippen LogP contribution is 2.21. The number of hydrogen-bond donors (Lipinski definition) is 1. The second-order valence-electron chi connectivity index (χ2n) is 3.85. The Morgan fingerprint density at radius 2 is 2.06 bits per heavy atom. The number of carbonyl (C=O) groups is 1. The van der Waals surface area contributed by atoms with E-state index in [1.165, 1.54) is 7.11 Å². The van der Waals surface area contributed by atoms with Gasteiger partial charge in [-0.15, -0.1) is 19.0 Å². The van der Waals surface area contributed by atoms with Gasteiger partial charge in [-0.05, 0) is 25.0 Å². The molecule has 0 aliphatic carbocycles. The summed E-state index contributed by atoms with van der Waals surface area (Å²) in [5.41, 5.74) is 8.34. The van der Waals surface area contributed by atoms with Crippen molar-refractivity contribution in [2.45, 2.75) is 19.4 Å². The van der Waals surface area contributed by atoms with Crippen molar-refractivity contribution in [2.24, 2.45) is 5.73 Å². The van der Waals surface area contributed by atoms with E-state index < -0.39 is 0 Å². The lowest BCUT2D eigenvalue weighted by Gasteiger charge is -2.15. The molecule has 94 valence electrons. The summed E-state index contributed by atoms with van der Waals surface area (Å²) in [6.45, 7) is 5.74. The Hall–Kier alpha value is -1.32. The van der Waals surface area contributed by atoms with Crippen LogP contribution in [0.5, 0.6) is 0 Å². The monoisotopic (exact) mass is 255 g/mol. The van der Waals surface area contributed by atoms with E-state index in [2.05, 4.69) is 6.58 Å². The van der Waals surface area contributed by atoms with Crippen LogP contribution in [-0.2, 0) is 4.74 Å². The van der Waals surface area contributed by atoms with E-state index in [0.29, 0.717) is 12.0 Å². The van der Waals surface area contributed by atoms with Crippen molar-refractivity contribution in [3.63, 3.8) is 0 Å². The van der Waals surface area contributed by atoms with Gasteiger partial charge in [0.05, 0.1) is 12.7 Å². The molecule has 0 fully saturated rings. The smallest absolute Gasteiger partial charge is 0.338 e. The molecule has 0 saturated carbocycles. The third-order valence-corrected chi connectivity index (χ3v) is 2.33. The van der Waals surface area contributed by atoms with E-state index >= 15 is 0 Å². The standard InChI is InChI=1S/C13H17NO2.ClH/c1-9(2)8-12(14)10-6-4-5-7-11(10)13(15)16-3;/h4-7,12H,1,8,14H2,2-3H3;1H/t12-;/m0./s1. The predicted octanol–water partition coefficient (Wildman–Crippen LogP) is 2.86. The number of benzene rings is 1. The lowest BCUT2D eigenvalue weighted by Crippen LogP contribution is -2.15. The third-order valence-electron chi connectivity index (χ3n) is 2.33. The van der Waals surface area contributed by atoms with Gasteiger partial charge in [-0.3, -0.25) is 0 Å². The van der Waals surface area contributed by atoms with Crippen LogP contribution in [0.3, 0.4) is 0 Å². The lowest BCUT2D eigenvalue weighted by atomic mass is 9.96. The summed E-state index contributed by atoms with van der Waals surface area (Å²) in [6, 6.07) is 7.01. The molecule has 4 heteroatoms. The Balaban J connectivity index is 0.00000256. The highest BCUT2D eigenvalue weighted by Gasteiger charge is 2.16. The first-order valence-electron chi connectivity index (χ1n) is 5.13. The van der Waals surface area contributed by atoms with E-state index in [9.17, 15) is 4.79 Å². The summed E-state index contributed by atoms with van der Waals surface area (Å²) in [7, 11) is 1.36. The van der Waals surface area contributed by atoms with Gasteiger partial charge in [-0.1, -0.05) is 23.8 Å². The zero-order valence-electron chi connectivity index (χ0n) is 10.1. The average Bonchev–Trinajstić information content (AvgIpc) is 2.27. The third kappa shape index (κ3) is 4.21. The number of halogens is 1. The fourth-order valence-corrected chi connectivity index (χ4v) is 1.60. The van der Waals surface area contributed by atoms with Crippen LogP contribution in [-0.4, -0.2) is 13.1 Å². The molecule has 2 N–H and O–H groups in total. The Kier molecular flexibility index (Phi) is 6.54. The van der Waals surface area contributed by atoms with Crippen LogP contribution in [0.2, 0.25) is 0 Å². The molecule has 0 amide bonds. The summed E-state index contributed by atoms with van der Waals surface area (Å²) in [4.78, 5) is 11.5. The van der Waals surface area contributed by atoms with Gasteiger partial charge in [0.25, 0.3) is 0 Å². The Morgan fingerprint density at radius 3 is 2.59 bits per heavy atom. The molecule has 1 atom stereocenters. The predicted molar refractivity (Wildman–Crippen MR) is 71.4 cm³/mol. The van der Waals surface area contributed by atoms with Crippen LogP contribution in [0.4, 0.5) is 0 Å². The molecule has 0 saturated heterocycles. The van der Waals surface area contributed by atoms with Gasteiger partial charge < -0.3 is 10.5 Å². The van der Waals surface area contributed by atoms with Crippen molar-refractivity contribution in [3.05, 3.63) is 47.5 Å². The molecule has 0 radical (unpaired) electrons. The summed E-state index contributed by atoms with van der Waals surface area (Å²) in [6.07, 6.45) is 0.661. The summed E-state index contributed by atoms with van der Waals surface area (Å²) in [5.74, 6) is -0.354. The largest absolute Gasteiger partial charge is 0.465 e. The molecule has 0 aliphatic heterocycles. The van der Waals surface area contributed by atoms with Crippen LogP contribution in [0.25, 0.3) is 0 Å². The Morgan fingerprint density at radius 1 is 1.47 bits per heavy atom. The van der Waals surface area contributed by atoms with Crippen molar-refractivity contribution in [2.75, 3.05) is 7.11 Å². The average molecular weight is 256 g/mol. The first kappa shape index (κ1) is 15.7. The molecule has 0 unspecified atom stereocenters. The zero-order valence-corrected chi connectivity index (χ0v) is 10.9. The van der Waals surface area contributed by atoms with E-state index in [-0.39, 0.29) is 24.4 Å². The van der Waals surface area contributed by atoms with Gasteiger partial charge in [0.2, 0.25) is 0 Å². The lowest BCUT2D eigenvalue weighted by molar-refractivity contribution is 0.0599. The molecule has 3 nitrogen and oxygen atoms in total. The Bertz CT molecular complexity index is 404. The van der Waals surface area contributed by atoms with E-state index in [0.717, 1.165) is 11.1 Å². The molecular weight excluding hydrogens is 238 g/mol. The van der Waals surface area contributed by atoms with Crippen molar-refractivity contribution >= 4 is 18.4 Å². The van der Waals surface area contributed by atoms with Gasteiger partial charge in [0.15, 0.2) is 0 Å². The number of esters is 1. The fourth-order valence-electron chi connectivity index (χ4n) is 1.60. The van der Waals surface area contributed by atoms with Crippen molar-refractivity contribution < 1.29 is 9.53 Å². The van der Waals surface area contributed by atoms with Crippen molar-refractivity contribution in [1.29, 1.82) is 0 Å². The molecule has 17 heavy (non-hydrogen) atoms. The molecule has 0 heterocycles. The topological polar surface area (TPSA) is 52.3 Å². The number of ether oxygens (including phenoxy) is 1. The van der Waals surface area contributed by atoms with Crippen molar-refractivity contribution in [1.82, 2.24) is 0 Å². The van der Waals surface area contributed by atoms with Crippen LogP contribution in [0, 0.1) is 0 Å². The number of hydrogen-bond acceptors (Lipinski definition) is 3. The van der Waals surface area contributed by atoms with Gasteiger partial charge in [-0.2, -0.15) is 0 Å². The van der Waals surface area contributed by atoms with Gasteiger partial charge in [-0.25, -0.2) is 4.79 Å². The number of carbonyl (C=O) groups excluding carboxylic acids is 1. The SMILES string of the molecule is C=C(C)C[C@H](N)c1ccccc1C(=O)OC.Cl. The van der Waals surface area contributed by atoms with Crippen LogP contribution >= 0.6 is 12.4 Å². The molecule has 1 rings (SSSR count). The normalized spacial score (nSPS) is 11.2. The Labute approximate surface area is 108 Å². The van der Waals surface area contributed by atoms with Gasteiger partial charge in [0.1, 0.15) is 0 Å². The van der Waals surface area contributed by atoms with Gasteiger partial charge in [0, 0.05) is 6.04 Å². The van der Waals surface area contributed by atoms with E-state index in [4.69, 9.17) is 10.5 Å². The van der Waals surface area contributed by atoms with Crippen LogP contribution in [0.1, 0.15) is 35.3 Å². The minimum Gasteiger partial charge on any atom is -0.465 e. The number of methoxy groups -OCH3 is 1.